The number of hydrogen-bond acceptors (Lipinski definition) is 7. The Morgan fingerprint density at radius 3 is 2.58 bits per heavy atom. The first-order valence-corrected chi connectivity index (χ1v) is 10.9. The number of nitrogens with zero attached hydrogens (tertiary/aromatic N) is 3. The molecule has 31 heavy (non-hydrogen) atoms. The van der Waals surface area contributed by atoms with E-state index >= 15 is 0 Å². The average molecular weight is 444 g/mol. The lowest BCUT2D eigenvalue weighted by Crippen LogP contribution is -2.69. The Kier molecular flexibility index (Phi) is 5.51. The van der Waals surface area contributed by atoms with Crippen LogP contribution in [0.5, 0.6) is 5.88 Å². The zero-order valence-electron chi connectivity index (χ0n) is 17.4. The van der Waals surface area contributed by atoms with Gasteiger partial charge in [0.25, 0.3) is 5.91 Å². The third-order valence-corrected chi connectivity index (χ3v) is 6.87. The molecule has 1 aliphatic heterocycles. The highest BCUT2D eigenvalue weighted by molar-refractivity contribution is 7.90. The number of sulfonamides is 1. The number of carbonyl (C=O) groups excluding carboxylic acids is 1. The third kappa shape index (κ3) is 4.50. The Balaban J connectivity index is 1.93. The van der Waals surface area contributed by atoms with Gasteiger partial charge < -0.3 is 15.7 Å². The van der Waals surface area contributed by atoms with Crippen LogP contribution in [0.2, 0.25) is 0 Å². The smallest absolute Gasteiger partial charge is 0.275 e. The molecule has 1 saturated heterocycles. The molecule has 0 bridgehead atoms. The zero-order chi connectivity index (χ0) is 23.2. The zero-order valence-corrected chi connectivity index (χ0v) is 18.2. The third-order valence-electron chi connectivity index (χ3n) is 4.65. The molecule has 160 valence electrons. The van der Waals surface area contributed by atoms with Crippen LogP contribution in [0.15, 0.2) is 30.6 Å². The van der Waals surface area contributed by atoms with Crippen LogP contribution in [0.25, 0.3) is 0 Å². The molecule has 1 aromatic carbocycles. The van der Waals surface area contributed by atoms with Gasteiger partial charge >= 0.3 is 0 Å². The molecule has 3 rings (SSSR count). The van der Waals surface area contributed by atoms with Gasteiger partial charge in [-0.2, -0.15) is 0 Å². The van der Waals surface area contributed by atoms with E-state index in [1.807, 2.05) is 0 Å². The van der Waals surface area contributed by atoms with E-state index < -0.39 is 38.3 Å². The Morgan fingerprint density at radius 2 is 2.03 bits per heavy atom. The van der Waals surface area contributed by atoms with Crippen LogP contribution >= 0.6 is 0 Å². The lowest BCUT2D eigenvalue weighted by molar-refractivity contribution is 0.102. The van der Waals surface area contributed by atoms with Gasteiger partial charge in [0.1, 0.15) is 35.0 Å². The highest BCUT2D eigenvalue weighted by Gasteiger charge is 2.47. The molecule has 0 saturated carbocycles. The summed E-state index contributed by atoms with van der Waals surface area (Å²) in [6, 6.07) is 3.73. The SMILES string of the molecule is BC(B)(B)N1C(=N)N[C@](C)(c2cc(NC(=O)c3cnc(O)cn3)ccc2F)CS1(=O)=O. The van der Waals surface area contributed by atoms with Crippen LogP contribution in [0.1, 0.15) is 23.0 Å². The van der Waals surface area contributed by atoms with Crippen LogP contribution in [0.4, 0.5) is 10.1 Å². The summed E-state index contributed by atoms with van der Waals surface area (Å²) in [6.45, 7) is 1.48. The molecule has 2 heterocycles. The summed E-state index contributed by atoms with van der Waals surface area (Å²) in [5, 5.41) is 21.9. The van der Waals surface area contributed by atoms with Gasteiger partial charge in [-0.15, -0.1) is 0 Å². The first-order valence-electron chi connectivity index (χ1n) is 9.25. The number of halogens is 1. The summed E-state index contributed by atoms with van der Waals surface area (Å²) in [4.78, 5) is 19.7. The van der Waals surface area contributed by atoms with Crippen molar-refractivity contribution in [3.8, 4) is 5.88 Å². The number of rotatable bonds is 4. The molecule has 1 amide bonds. The lowest BCUT2D eigenvalue weighted by Gasteiger charge is -2.47. The van der Waals surface area contributed by atoms with E-state index in [2.05, 4.69) is 20.6 Å². The second-order valence-corrected chi connectivity index (χ2v) is 10.2. The van der Waals surface area contributed by atoms with Gasteiger partial charge in [0.05, 0.1) is 23.7 Å². The highest BCUT2D eigenvalue weighted by Crippen LogP contribution is 2.33. The van der Waals surface area contributed by atoms with Crippen molar-refractivity contribution in [3.63, 3.8) is 0 Å². The molecular formula is C16H20B3FN6O4S. The molecule has 1 atom stereocenters. The van der Waals surface area contributed by atoms with Gasteiger partial charge in [0, 0.05) is 11.3 Å². The molecular weight excluding hydrogens is 424 g/mol. The van der Waals surface area contributed by atoms with E-state index in [1.54, 1.807) is 23.5 Å². The second-order valence-electron chi connectivity index (χ2n) is 8.41. The lowest BCUT2D eigenvalue weighted by atomic mass is 9.49. The summed E-state index contributed by atoms with van der Waals surface area (Å²) in [7, 11) is 1.04. The van der Waals surface area contributed by atoms with Crippen molar-refractivity contribution in [1.29, 1.82) is 5.41 Å². The van der Waals surface area contributed by atoms with Gasteiger partial charge in [-0.05, 0) is 30.4 Å². The van der Waals surface area contributed by atoms with E-state index in [9.17, 15) is 22.7 Å². The molecule has 10 nitrogen and oxygen atoms in total. The average Bonchev–Trinajstić information content (AvgIpc) is 2.60. The number of anilines is 1. The Morgan fingerprint density at radius 1 is 1.35 bits per heavy atom. The first-order chi connectivity index (χ1) is 14.2. The van der Waals surface area contributed by atoms with Crippen molar-refractivity contribution >= 4 is 51.1 Å². The molecule has 1 fully saturated rings. The predicted octanol–water partition coefficient (Wildman–Crippen LogP) is -2.53. The van der Waals surface area contributed by atoms with Crippen LogP contribution in [-0.4, -0.2) is 74.2 Å². The first kappa shape index (κ1) is 22.6. The number of hydrogen-bond donors (Lipinski definition) is 4. The molecule has 1 aliphatic rings. The number of guanidine groups is 1. The van der Waals surface area contributed by atoms with E-state index in [0.29, 0.717) is 0 Å². The maximum absolute atomic E-state index is 14.7. The fraction of sp³-hybridized carbons (Fsp3) is 0.250. The quantitative estimate of drug-likeness (QED) is 0.381. The molecule has 0 unspecified atom stereocenters. The van der Waals surface area contributed by atoms with Crippen molar-refractivity contribution in [3.05, 3.63) is 47.7 Å². The monoisotopic (exact) mass is 444 g/mol. The number of carbonyl (C=O) groups is 1. The van der Waals surface area contributed by atoms with E-state index in [0.717, 1.165) is 22.8 Å². The standard InChI is InChI=1S/C16H20B3FN6O4S/c1-15(7-31(29,30)26(14(21)25-15)16(17,18)19)9-4-8(2-3-10(9)20)24-13(28)11-5-23-12(27)6-22-11/h2-6H,7,17-19H2,1H3,(H2,21,25)(H,23,27)(H,24,28)/t15-/m0/s1. The minimum absolute atomic E-state index is 0.0241. The molecule has 0 aliphatic carbocycles. The summed E-state index contributed by atoms with van der Waals surface area (Å²) >= 11 is 0. The van der Waals surface area contributed by atoms with Gasteiger partial charge in [-0.25, -0.2) is 22.8 Å². The van der Waals surface area contributed by atoms with Gasteiger partial charge in [0.2, 0.25) is 21.9 Å². The van der Waals surface area contributed by atoms with Gasteiger partial charge in [-0.1, -0.05) is 0 Å². The van der Waals surface area contributed by atoms with Crippen molar-refractivity contribution in [2.75, 3.05) is 11.1 Å². The maximum atomic E-state index is 14.7. The van der Waals surface area contributed by atoms with E-state index in [1.165, 1.54) is 19.1 Å². The Bertz CT molecular complexity index is 1160. The van der Waals surface area contributed by atoms with Crippen molar-refractivity contribution in [2.24, 2.45) is 0 Å². The van der Waals surface area contributed by atoms with Crippen LogP contribution in [-0.2, 0) is 15.6 Å². The maximum Gasteiger partial charge on any atom is 0.275 e. The number of benzene rings is 1. The minimum Gasteiger partial charge on any atom is -0.492 e. The van der Waals surface area contributed by atoms with Crippen molar-refractivity contribution in [2.45, 2.75) is 17.7 Å². The number of aromatic hydroxyl groups is 1. The number of amides is 1. The second kappa shape index (κ2) is 7.55. The van der Waals surface area contributed by atoms with Crippen LogP contribution in [0, 0.1) is 11.2 Å². The molecule has 2 aromatic rings. The summed E-state index contributed by atoms with van der Waals surface area (Å²) in [5.41, 5.74) is -1.35. The minimum atomic E-state index is -3.94. The van der Waals surface area contributed by atoms with Crippen LogP contribution in [0.3, 0.4) is 0 Å². The Hall–Kier alpha value is -3.09. The molecule has 15 heteroatoms. The van der Waals surface area contributed by atoms with Crippen molar-refractivity contribution < 1.29 is 22.7 Å². The molecule has 1 aromatic heterocycles. The summed E-state index contributed by atoms with van der Waals surface area (Å²) in [5.74, 6) is -2.53. The molecule has 0 spiro atoms. The van der Waals surface area contributed by atoms with Gasteiger partial charge in [-0.3, -0.25) is 14.5 Å². The fourth-order valence-electron chi connectivity index (χ4n) is 3.47. The normalized spacial score (nSPS) is 20.7. The van der Waals surface area contributed by atoms with Crippen LogP contribution < -0.4 is 10.6 Å². The molecule has 4 N–H and O–H groups in total. The number of nitrogens with one attached hydrogen (secondary N) is 3. The van der Waals surface area contributed by atoms with E-state index in [4.69, 9.17) is 5.41 Å². The van der Waals surface area contributed by atoms with Crippen molar-refractivity contribution in [1.82, 2.24) is 19.6 Å². The largest absolute Gasteiger partial charge is 0.492 e. The Labute approximate surface area is 181 Å². The summed E-state index contributed by atoms with van der Waals surface area (Å²) < 4.78 is 41.6. The van der Waals surface area contributed by atoms with E-state index in [-0.39, 0.29) is 28.8 Å². The summed E-state index contributed by atoms with van der Waals surface area (Å²) in [6.07, 6.45) is 2.09. The topological polar surface area (TPSA) is 148 Å². The predicted molar refractivity (Wildman–Crippen MR) is 120 cm³/mol. The molecule has 0 radical (unpaired) electrons. The highest BCUT2D eigenvalue weighted by atomic mass is 32.2. The van der Waals surface area contributed by atoms with Gasteiger partial charge in [0.15, 0.2) is 0 Å². The number of aromatic nitrogens is 2. The fourth-order valence-corrected chi connectivity index (χ4v) is 5.72.